The number of ketones is 2. The van der Waals surface area contributed by atoms with Crippen molar-refractivity contribution in [3.63, 3.8) is 0 Å². The minimum Gasteiger partial charge on any atom is -0.361 e. The Morgan fingerprint density at radius 2 is 2.00 bits per heavy atom. The summed E-state index contributed by atoms with van der Waals surface area (Å²) in [5.74, 6) is -0.980. The van der Waals surface area contributed by atoms with Crippen LogP contribution >= 0.6 is 22.6 Å². The van der Waals surface area contributed by atoms with Crippen LogP contribution in [0.5, 0.6) is 0 Å². The Labute approximate surface area is 136 Å². The monoisotopic (exact) mass is 393 g/mol. The van der Waals surface area contributed by atoms with Gasteiger partial charge in [-0.05, 0) is 4.08 Å². The largest absolute Gasteiger partial charge is 0.361 e. The molecule has 5 nitrogen and oxygen atoms in total. The van der Waals surface area contributed by atoms with Crippen LogP contribution in [0, 0.1) is 6.57 Å². The van der Waals surface area contributed by atoms with Crippen molar-refractivity contribution in [3.8, 4) is 0 Å². The molecule has 0 radical (unpaired) electrons. The van der Waals surface area contributed by atoms with E-state index in [0.29, 0.717) is 11.8 Å². The Bertz CT molecular complexity index is 643. The maximum Gasteiger partial charge on any atom is 0.331 e. The van der Waals surface area contributed by atoms with Crippen molar-refractivity contribution in [2.45, 2.75) is 18.4 Å². The van der Waals surface area contributed by atoms with Crippen molar-refractivity contribution in [1.82, 2.24) is 0 Å². The van der Waals surface area contributed by atoms with E-state index in [1.165, 1.54) is 0 Å². The molecule has 1 aromatic carbocycles. The second-order valence-electron chi connectivity index (χ2n) is 4.28. The summed E-state index contributed by atoms with van der Waals surface area (Å²) in [7, 11) is 0. The second-order valence-corrected chi connectivity index (χ2v) is 5.00. The summed E-state index contributed by atoms with van der Waals surface area (Å²) in [6, 6.07) is 8.48. The highest BCUT2D eigenvalue weighted by Gasteiger charge is 2.47. The summed E-state index contributed by atoms with van der Waals surface area (Å²) in [6.07, 6.45) is 2.15. The van der Waals surface area contributed by atoms with Crippen LogP contribution in [0.4, 0.5) is 0 Å². The van der Waals surface area contributed by atoms with Crippen LogP contribution in [0.2, 0.25) is 0 Å². The molecule has 1 aromatic rings. The van der Waals surface area contributed by atoms with E-state index < -0.39 is 11.3 Å². The van der Waals surface area contributed by atoms with Gasteiger partial charge < -0.3 is 10.4 Å². The lowest BCUT2D eigenvalue weighted by molar-refractivity contribution is -0.119. The lowest BCUT2D eigenvalue weighted by Crippen LogP contribution is -2.38. The Hall–Kier alpha value is -2.10. The van der Waals surface area contributed by atoms with Gasteiger partial charge in [0.15, 0.2) is 5.78 Å². The molecule has 0 saturated carbocycles. The number of carbonyl (C=O) groups excluding carboxylic acids is 2. The fraction of sp³-hybridized carbons (Fsp3) is 0.200. The zero-order valence-electron chi connectivity index (χ0n) is 11.1. The number of rotatable bonds is 7. The zero-order valence-corrected chi connectivity index (χ0v) is 13.2. The van der Waals surface area contributed by atoms with Crippen molar-refractivity contribution >= 4 is 40.4 Å². The number of carbonyl (C=O) groups is 2. The minimum absolute atomic E-state index is 0.0862. The van der Waals surface area contributed by atoms with Gasteiger partial charge in [0.2, 0.25) is 0 Å². The van der Waals surface area contributed by atoms with Gasteiger partial charge in [-0.1, -0.05) is 59.0 Å². The molecule has 0 amide bonds. The van der Waals surface area contributed by atoms with E-state index in [1.807, 2.05) is 22.6 Å². The number of halogens is 1. The van der Waals surface area contributed by atoms with Gasteiger partial charge >= 0.3 is 17.5 Å². The standard InChI is InChI=1S/C15H12IN3O2/c1-18-15(8-5-9-16,14(21)11-19-17)10-13(20)12-6-3-2-4-7-12/h2-7,9,11H,8,10H2/t15-/m1/s1. The van der Waals surface area contributed by atoms with Crippen LogP contribution in [0.15, 0.2) is 40.5 Å². The quantitative estimate of drug-likeness (QED) is 0.178. The topological polar surface area (TPSA) is 74.9 Å². The van der Waals surface area contributed by atoms with Gasteiger partial charge in [0.05, 0.1) is 12.8 Å². The van der Waals surface area contributed by atoms with Gasteiger partial charge in [0.25, 0.3) is 0 Å². The van der Waals surface area contributed by atoms with Gasteiger partial charge in [-0.3, -0.25) is 9.59 Å². The van der Waals surface area contributed by atoms with Crippen molar-refractivity contribution < 1.29 is 14.4 Å². The van der Waals surface area contributed by atoms with Gasteiger partial charge in [-0.2, -0.15) is 4.79 Å². The third-order valence-corrected chi connectivity index (χ3v) is 3.45. The highest BCUT2D eigenvalue weighted by Crippen LogP contribution is 2.25. The molecule has 0 N–H and O–H groups in total. The number of benzene rings is 1. The molecule has 1 rings (SSSR count). The molecular weight excluding hydrogens is 381 g/mol. The van der Waals surface area contributed by atoms with Crippen LogP contribution in [0.1, 0.15) is 23.2 Å². The van der Waals surface area contributed by atoms with E-state index in [4.69, 9.17) is 12.1 Å². The maximum atomic E-state index is 12.3. The first-order chi connectivity index (χ1) is 10.1. The zero-order chi connectivity index (χ0) is 15.7. The van der Waals surface area contributed by atoms with Crippen molar-refractivity contribution in [1.29, 1.82) is 0 Å². The molecular formula is C15H12IN3O2. The van der Waals surface area contributed by atoms with Gasteiger partial charge in [0.1, 0.15) is 0 Å². The van der Waals surface area contributed by atoms with Gasteiger partial charge in [-0.15, -0.1) is 0 Å². The predicted octanol–water partition coefficient (Wildman–Crippen LogP) is 3.13. The van der Waals surface area contributed by atoms with E-state index in [-0.39, 0.29) is 18.6 Å². The first-order valence-corrected chi connectivity index (χ1v) is 7.28. The van der Waals surface area contributed by atoms with E-state index in [0.717, 1.165) is 0 Å². The van der Waals surface area contributed by atoms with E-state index >= 15 is 0 Å². The summed E-state index contributed by atoms with van der Waals surface area (Å²) >= 11 is 1.97. The summed E-state index contributed by atoms with van der Waals surface area (Å²) in [5.41, 5.74) is 7.39. The molecule has 0 heterocycles. The van der Waals surface area contributed by atoms with E-state index in [2.05, 4.69) is 9.63 Å². The number of hydrogen-bond acceptors (Lipinski definition) is 2. The first kappa shape index (κ1) is 17.0. The predicted molar refractivity (Wildman–Crippen MR) is 87.2 cm³/mol. The number of hydrogen-bond donors (Lipinski definition) is 0. The highest BCUT2D eigenvalue weighted by atomic mass is 127. The summed E-state index contributed by atoms with van der Waals surface area (Å²) in [6.45, 7) is 7.32. The summed E-state index contributed by atoms with van der Waals surface area (Å²) in [4.78, 5) is 30.4. The summed E-state index contributed by atoms with van der Waals surface area (Å²) < 4.78 is 1.67. The Morgan fingerprint density at radius 3 is 2.52 bits per heavy atom. The average Bonchev–Trinajstić information content (AvgIpc) is 2.52. The van der Waals surface area contributed by atoms with E-state index in [9.17, 15) is 9.59 Å². The highest BCUT2D eigenvalue weighted by molar-refractivity contribution is 14.1. The minimum atomic E-state index is -1.57. The fourth-order valence-corrected chi connectivity index (χ4v) is 2.06. The van der Waals surface area contributed by atoms with Crippen LogP contribution in [-0.4, -0.2) is 28.1 Å². The second kappa shape index (κ2) is 8.25. The van der Waals surface area contributed by atoms with Crippen molar-refractivity contribution in [2.75, 3.05) is 0 Å². The first-order valence-electron chi connectivity index (χ1n) is 6.03. The molecule has 0 aromatic heterocycles. The fourth-order valence-electron chi connectivity index (χ4n) is 1.80. The average molecular weight is 393 g/mol. The molecule has 0 saturated heterocycles. The molecule has 0 aliphatic carbocycles. The maximum absolute atomic E-state index is 12.3. The third kappa shape index (κ3) is 4.45. The van der Waals surface area contributed by atoms with Crippen LogP contribution in [0.3, 0.4) is 0 Å². The van der Waals surface area contributed by atoms with Crippen LogP contribution < -0.4 is 0 Å². The Balaban J connectivity index is 3.13. The summed E-state index contributed by atoms with van der Waals surface area (Å²) in [5, 5.41) is 0. The molecule has 6 heteroatoms. The van der Waals surface area contributed by atoms with Crippen LogP contribution in [0.25, 0.3) is 10.4 Å². The normalized spacial score (nSPS) is 13.0. The lowest BCUT2D eigenvalue weighted by Gasteiger charge is -2.15. The van der Waals surface area contributed by atoms with Crippen LogP contribution in [-0.2, 0) is 4.79 Å². The van der Waals surface area contributed by atoms with Gasteiger partial charge in [0, 0.05) is 5.56 Å². The molecule has 0 spiro atoms. The smallest absolute Gasteiger partial charge is 0.331 e. The van der Waals surface area contributed by atoms with Crippen molar-refractivity contribution in [2.24, 2.45) is 0 Å². The van der Waals surface area contributed by atoms with Gasteiger partial charge in [-0.25, -0.2) is 6.57 Å². The number of Topliss-reactive ketones (excluding diaryl/α,β-unsaturated/α-hetero) is 2. The Kier molecular flexibility index (Phi) is 6.66. The third-order valence-electron chi connectivity index (χ3n) is 2.94. The molecule has 0 fully saturated rings. The molecule has 21 heavy (non-hydrogen) atoms. The molecule has 0 bridgehead atoms. The van der Waals surface area contributed by atoms with E-state index in [1.54, 1.807) is 40.5 Å². The molecule has 0 aliphatic heterocycles. The molecule has 0 unspecified atom stereocenters. The van der Waals surface area contributed by atoms with Crippen molar-refractivity contribution in [3.05, 3.63) is 63.0 Å². The molecule has 0 aliphatic rings. The molecule has 106 valence electrons. The number of nitrogens with zero attached hydrogens (tertiary/aromatic N) is 3. The SMILES string of the molecule is [C-]#[N+][C@](CC=CI)(CC(=O)c1ccccc1)C(=O)C=[N+]=[N-]. The lowest BCUT2D eigenvalue weighted by atomic mass is 9.84. The molecule has 1 atom stereocenters. The Morgan fingerprint density at radius 1 is 1.33 bits per heavy atom.